The SMILES string of the molecule is O=C1NC(O)C2=C[C@@H](I)C=CC=C12. The summed E-state index contributed by atoms with van der Waals surface area (Å²) in [5.41, 5.74) is 1.26. The first-order valence-corrected chi connectivity index (χ1v) is 5.16. The molecule has 1 aliphatic carbocycles. The highest BCUT2D eigenvalue weighted by Gasteiger charge is 2.30. The van der Waals surface area contributed by atoms with E-state index in [9.17, 15) is 9.90 Å². The third-order valence-corrected chi connectivity index (χ3v) is 2.79. The molecule has 1 aliphatic heterocycles. The van der Waals surface area contributed by atoms with E-state index in [4.69, 9.17) is 0 Å². The van der Waals surface area contributed by atoms with Crippen LogP contribution in [0.2, 0.25) is 0 Å². The molecule has 0 aromatic heterocycles. The highest BCUT2D eigenvalue weighted by molar-refractivity contribution is 14.1. The summed E-state index contributed by atoms with van der Waals surface area (Å²) in [5, 5.41) is 11.9. The predicted octanol–water partition coefficient (Wildman–Crippen LogP) is 0.661. The number of hydrogen-bond donors (Lipinski definition) is 2. The van der Waals surface area contributed by atoms with E-state index in [0.29, 0.717) is 11.1 Å². The van der Waals surface area contributed by atoms with Crippen molar-refractivity contribution < 1.29 is 9.90 Å². The maximum Gasteiger partial charge on any atom is 0.253 e. The Hall–Kier alpha value is -0.620. The molecule has 2 aliphatic rings. The fraction of sp³-hybridized carbons (Fsp3) is 0.222. The third-order valence-electron chi connectivity index (χ3n) is 2.01. The van der Waals surface area contributed by atoms with Crippen molar-refractivity contribution in [1.29, 1.82) is 0 Å². The molecule has 0 aromatic carbocycles. The second-order valence-electron chi connectivity index (χ2n) is 2.91. The number of amides is 1. The fourth-order valence-corrected chi connectivity index (χ4v) is 2.02. The van der Waals surface area contributed by atoms with Crippen LogP contribution in [0.5, 0.6) is 0 Å². The van der Waals surface area contributed by atoms with E-state index in [-0.39, 0.29) is 9.83 Å². The Morgan fingerprint density at radius 2 is 2.31 bits per heavy atom. The molecule has 2 N–H and O–H groups in total. The van der Waals surface area contributed by atoms with Crippen LogP contribution in [-0.4, -0.2) is 21.2 Å². The number of nitrogens with one attached hydrogen (secondary N) is 1. The molecule has 0 aromatic rings. The Morgan fingerprint density at radius 1 is 1.54 bits per heavy atom. The van der Waals surface area contributed by atoms with Crippen LogP contribution < -0.4 is 5.32 Å². The van der Waals surface area contributed by atoms with E-state index >= 15 is 0 Å². The molecule has 0 saturated carbocycles. The van der Waals surface area contributed by atoms with Gasteiger partial charge in [-0.2, -0.15) is 0 Å². The van der Waals surface area contributed by atoms with Gasteiger partial charge in [0.25, 0.3) is 5.91 Å². The average Bonchev–Trinajstić information content (AvgIpc) is 2.28. The van der Waals surface area contributed by atoms with E-state index in [0.717, 1.165) is 0 Å². The molecule has 68 valence electrons. The molecule has 13 heavy (non-hydrogen) atoms. The van der Waals surface area contributed by atoms with Crippen LogP contribution in [0.1, 0.15) is 0 Å². The molecule has 0 spiro atoms. The minimum absolute atomic E-state index is 0.200. The second kappa shape index (κ2) is 3.26. The number of halogens is 1. The molecule has 1 amide bonds. The zero-order valence-electron chi connectivity index (χ0n) is 6.70. The Kier molecular flexibility index (Phi) is 2.25. The first-order chi connectivity index (χ1) is 6.18. The highest BCUT2D eigenvalue weighted by Crippen LogP contribution is 2.25. The fourth-order valence-electron chi connectivity index (χ4n) is 1.40. The van der Waals surface area contributed by atoms with Crippen LogP contribution >= 0.6 is 22.6 Å². The lowest BCUT2D eigenvalue weighted by molar-refractivity contribution is -0.117. The second-order valence-corrected chi connectivity index (χ2v) is 4.35. The summed E-state index contributed by atoms with van der Waals surface area (Å²) >= 11 is 2.23. The number of alkyl halides is 1. The number of carbonyl (C=O) groups is 1. The lowest BCUT2D eigenvalue weighted by Crippen LogP contribution is -2.25. The average molecular weight is 289 g/mol. The summed E-state index contributed by atoms with van der Waals surface area (Å²) in [6.07, 6.45) is 6.59. The highest BCUT2D eigenvalue weighted by atomic mass is 127. The maximum atomic E-state index is 11.3. The van der Waals surface area contributed by atoms with Gasteiger partial charge < -0.3 is 10.4 Å². The predicted molar refractivity (Wildman–Crippen MR) is 57.3 cm³/mol. The van der Waals surface area contributed by atoms with Gasteiger partial charge in [-0.3, -0.25) is 4.79 Å². The number of fused-ring (bicyclic) bond motifs is 1. The zero-order valence-corrected chi connectivity index (χ0v) is 8.86. The number of rotatable bonds is 0. The molecule has 2 rings (SSSR count). The summed E-state index contributed by atoms with van der Waals surface area (Å²) in [6, 6.07) is 0. The van der Waals surface area contributed by atoms with Gasteiger partial charge in [-0.25, -0.2) is 0 Å². The van der Waals surface area contributed by atoms with Crippen molar-refractivity contribution in [2.75, 3.05) is 0 Å². The van der Waals surface area contributed by atoms with Gasteiger partial charge in [0.15, 0.2) is 6.23 Å². The molecular formula is C9H8INO2. The number of hydrogen-bond acceptors (Lipinski definition) is 2. The van der Waals surface area contributed by atoms with Crippen molar-refractivity contribution in [2.24, 2.45) is 0 Å². The van der Waals surface area contributed by atoms with Crippen molar-refractivity contribution in [1.82, 2.24) is 5.32 Å². The normalized spacial score (nSPS) is 31.7. The van der Waals surface area contributed by atoms with Crippen LogP contribution in [0.15, 0.2) is 35.5 Å². The monoisotopic (exact) mass is 289 g/mol. The Labute approximate surface area is 89.3 Å². The summed E-state index contributed by atoms with van der Waals surface area (Å²) in [6.45, 7) is 0. The van der Waals surface area contributed by atoms with Gasteiger partial charge >= 0.3 is 0 Å². The first-order valence-electron chi connectivity index (χ1n) is 3.92. The largest absolute Gasteiger partial charge is 0.369 e. The van der Waals surface area contributed by atoms with Gasteiger partial charge in [0.2, 0.25) is 0 Å². The van der Waals surface area contributed by atoms with Crippen LogP contribution in [0.4, 0.5) is 0 Å². The molecule has 0 radical (unpaired) electrons. The first kappa shape index (κ1) is 8.96. The van der Waals surface area contributed by atoms with Crippen molar-refractivity contribution in [3.05, 3.63) is 35.5 Å². The van der Waals surface area contributed by atoms with Gasteiger partial charge in [0.1, 0.15) is 0 Å². The topological polar surface area (TPSA) is 49.3 Å². The van der Waals surface area contributed by atoms with Gasteiger partial charge in [0, 0.05) is 15.1 Å². The number of carbonyl (C=O) groups excluding carboxylic acids is 1. The third kappa shape index (κ3) is 1.55. The smallest absolute Gasteiger partial charge is 0.253 e. The summed E-state index contributed by atoms with van der Waals surface area (Å²) < 4.78 is 0.226. The van der Waals surface area contributed by atoms with E-state index < -0.39 is 6.23 Å². The number of aliphatic hydroxyl groups excluding tert-OH is 1. The zero-order chi connectivity index (χ0) is 9.42. The molecule has 3 nitrogen and oxygen atoms in total. The molecule has 0 bridgehead atoms. The van der Waals surface area contributed by atoms with Gasteiger partial charge in [-0.05, 0) is 6.08 Å². The number of aliphatic hydroxyl groups is 1. The lowest BCUT2D eigenvalue weighted by Gasteiger charge is -2.03. The van der Waals surface area contributed by atoms with Crippen LogP contribution in [0.25, 0.3) is 0 Å². The maximum absolute atomic E-state index is 11.3. The minimum atomic E-state index is -0.837. The minimum Gasteiger partial charge on any atom is -0.369 e. The van der Waals surface area contributed by atoms with Crippen molar-refractivity contribution in [2.45, 2.75) is 10.2 Å². The van der Waals surface area contributed by atoms with Crippen LogP contribution in [-0.2, 0) is 4.79 Å². The Morgan fingerprint density at radius 3 is 3.08 bits per heavy atom. The van der Waals surface area contributed by atoms with Crippen molar-refractivity contribution in [3.8, 4) is 0 Å². The molecule has 4 heteroatoms. The van der Waals surface area contributed by atoms with Gasteiger partial charge in [-0.15, -0.1) is 0 Å². The van der Waals surface area contributed by atoms with E-state index in [2.05, 4.69) is 27.9 Å². The van der Waals surface area contributed by atoms with Gasteiger partial charge in [-0.1, -0.05) is 40.8 Å². The van der Waals surface area contributed by atoms with Gasteiger partial charge in [0.05, 0.1) is 0 Å². The van der Waals surface area contributed by atoms with Crippen LogP contribution in [0, 0.1) is 0 Å². The lowest BCUT2D eigenvalue weighted by atomic mass is 10.1. The van der Waals surface area contributed by atoms with Crippen LogP contribution in [0.3, 0.4) is 0 Å². The molecular weight excluding hydrogens is 281 g/mol. The molecule has 1 saturated heterocycles. The summed E-state index contributed by atoms with van der Waals surface area (Å²) in [4.78, 5) is 11.3. The Bertz CT molecular complexity index is 344. The Balaban J connectivity index is 2.46. The standard InChI is InChI=1S/C9H8INO2/c10-5-2-1-3-6-7(4-5)9(13)11-8(6)12/h1-5,9,13H,(H,11,12)/t5-,9?/m0/s1. The van der Waals surface area contributed by atoms with Crippen molar-refractivity contribution >= 4 is 28.5 Å². The number of allylic oxidation sites excluding steroid dienone is 4. The molecule has 1 unspecified atom stereocenters. The van der Waals surface area contributed by atoms with Crippen molar-refractivity contribution in [3.63, 3.8) is 0 Å². The molecule has 1 heterocycles. The quantitative estimate of drug-likeness (QED) is 0.508. The molecule has 1 fully saturated rings. The van der Waals surface area contributed by atoms with E-state index in [1.807, 2.05) is 18.2 Å². The summed E-state index contributed by atoms with van der Waals surface area (Å²) in [5.74, 6) is -0.200. The summed E-state index contributed by atoms with van der Waals surface area (Å²) in [7, 11) is 0. The molecule has 2 atom stereocenters. The van der Waals surface area contributed by atoms with E-state index in [1.54, 1.807) is 6.08 Å². The van der Waals surface area contributed by atoms with E-state index in [1.165, 1.54) is 0 Å².